The van der Waals surface area contributed by atoms with Gasteiger partial charge < -0.3 is 14.6 Å². The quantitative estimate of drug-likeness (QED) is 0.384. The topological polar surface area (TPSA) is 101 Å². The smallest absolute Gasteiger partial charge is 0.220 e. The maximum atomic E-state index is 13.7. The van der Waals surface area contributed by atoms with Gasteiger partial charge in [-0.15, -0.1) is 0 Å². The van der Waals surface area contributed by atoms with E-state index in [1.165, 1.54) is 17.4 Å². The van der Waals surface area contributed by atoms with Gasteiger partial charge in [0, 0.05) is 19.3 Å². The summed E-state index contributed by atoms with van der Waals surface area (Å²) >= 11 is 0. The van der Waals surface area contributed by atoms with Crippen LogP contribution in [0.5, 0.6) is 11.5 Å². The van der Waals surface area contributed by atoms with Gasteiger partial charge in [-0.3, -0.25) is 0 Å². The second-order valence-electron chi connectivity index (χ2n) is 8.01. The Morgan fingerprint density at radius 3 is 1.79 bits per heavy atom. The largest absolute Gasteiger partial charge is 0.497 e. The summed E-state index contributed by atoms with van der Waals surface area (Å²) in [7, 11) is -0.850. The van der Waals surface area contributed by atoms with Crippen LogP contribution in [0.3, 0.4) is 0 Å². The Hall–Kier alpha value is -3.01. The number of hydrogen-bond acceptors (Lipinski definition) is 6. The third-order valence-corrected chi connectivity index (χ3v) is 7.37. The van der Waals surface area contributed by atoms with E-state index in [-0.39, 0.29) is 18.9 Å². The fourth-order valence-electron chi connectivity index (χ4n) is 3.12. The molecule has 0 amide bonds. The predicted octanol–water partition coefficient (Wildman–Crippen LogP) is 3.81. The summed E-state index contributed by atoms with van der Waals surface area (Å²) < 4.78 is 39.1. The van der Waals surface area contributed by atoms with E-state index in [0.717, 1.165) is 16.7 Å². The molecule has 34 heavy (non-hydrogen) atoms. The first-order chi connectivity index (χ1) is 16.1. The fraction of sp³-hybridized carbons (Fsp3) is 0.360. The van der Waals surface area contributed by atoms with E-state index in [0.29, 0.717) is 11.5 Å². The summed E-state index contributed by atoms with van der Waals surface area (Å²) in [5.41, 5.74) is 2.43. The number of allylic oxidation sites excluding steroid dienone is 1. The number of methoxy groups -OCH3 is 2. The van der Waals surface area contributed by atoms with Crippen LogP contribution in [0.4, 0.5) is 0 Å². The molecule has 9 heteroatoms. The highest BCUT2D eigenvalue weighted by atomic mass is 32.2. The molecular formula is C25H33N3O5S. The lowest BCUT2D eigenvalue weighted by molar-refractivity contribution is 0.232. The number of aliphatic hydroxyl groups excluding tert-OH is 1. The number of hydrogen-bond donors (Lipinski definition) is 1. The number of sulfonamides is 1. The second-order valence-corrected chi connectivity index (χ2v) is 10.3. The average Bonchev–Trinajstić information content (AvgIpc) is 2.84. The molecule has 8 nitrogen and oxygen atoms in total. The summed E-state index contributed by atoms with van der Waals surface area (Å²) in [6.45, 7) is 8.77. The van der Waals surface area contributed by atoms with Crippen molar-refractivity contribution in [1.29, 1.82) is 0 Å². The number of ether oxygens (including phenoxy) is 2. The number of rotatable bonds is 11. The van der Waals surface area contributed by atoms with Gasteiger partial charge in [0.15, 0.2) is 5.84 Å². The zero-order valence-electron chi connectivity index (χ0n) is 20.3. The van der Waals surface area contributed by atoms with Crippen LogP contribution in [0.2, 0.25) is 0 Å². The number of nitrogens with zero attached hydrogens (tertiary/aromatic N) is 3. The highest BCUT2D eigenvalue weighted by Crippen LogP contribution is 2.23. The van der Waals surface area contributed by atoms with E-state index in [4.69, 9.17) is 9.47 Å². The molecule has 0 saturated heterocycles. The molecule has 0 aliphatic rings. The molecule has 0 aromatic heterocycles. The van der Waals surface area contributed by atoms with Crippen LogP contribution in [0.15, 0.2) is 70.3 Å². The van der Waals surface area contributed by atoms with Gasteiger partial charge in [0.2, 0.25) is 10.0 Å². The van der Waals surface area contributed by atoms with Crippen molar-refractivity contribution in [1.82, 2.24) is 4.31 Å². The van der Waals surface area contributed by atoms with E-state index >= 15 is 0 Å². The van der Waals surface area contributed by atoms with E-state index in [2.05, 4.69) is 16.7 Å². The predicted molar refractivity (Wildman–Crippen MR) is 136 cm³/mol. The molecule has 0 aliphatic carbocycles. The maximum absolute atomic E-state index is 13.7. The van der Waals surface area contributed by atoms with E-state index in [1.807, 2.05) is 38.1 Å². The third kappa shape index (κ3) is 7.24. The Morgan fingerprint density at radius 2 is 1.44 bits per heavy atom. The molecule has 2 aromatic carbocycles. The molecule has 0 heterocycles. The molecule has 0 unspecified atom stereocenters. The maximum Gasteiger partial charge on any atom is 0.220 e. The van der Waals surface area contributed by atoms with Crippen molar-refractivity contribution < 1.29 is 23.0 Å². The van der Waals surface area contributed by atoms with E-state index in [1.54, 1.807) is 38.5 Å². The monoisotopic (exact) mass is 487 g/mol. The Morgan fingerprint density at radius 1 is 1.00 bits per heavy atom. The van der Waals surface area contributed by atoms with Crippen molar-refractivity contribution in [3.05, 3.63) is 71.4 Å². The highest BCUT2D eigenvalue weighted by Gasteiger charge is 2.36. The Labute approximate surface area is 202 Å². The third-order valence-electron chi connectivity index (χ3n) is 5.19. The SMILES string of the molecule is C=NC(=NC=C(C)C)[C@@H](O)[C@@H](C)S(=O)(=O)N(Cc1ccc(OC)cc1)Cc1ccc(OC)cc1. The van der Waals surface area contributed by atoms with Gasteiger partial charge in [-0.2, -0.15) is 4.31 Å². The zero-order chi connectivity index (χ0) is 25.3. The van der Waals surface area contributed by atoms with Gasteiger partial charge in [0.05, 0.1) is 14.2 Å². The van der Waals surface area contributed by atoms with Crippen molar-refractivity contribution >= 4 is 22.6 Å². The number of benzene rings is 2. The summed E-state index contributed by atoms with van der Waals surface area (Å²) in [5.74, 6) is 1.30. The molecule has 0 saturated carbocycles. The van der Waals surface area contributed by atoms with Crippen molar-refractivity contribution in [3.63, 3.8) is 0 Å². The van der Waals surface area contributed by atoms with Gasteiger partial charge in [-0.1, -0.05) is 29.8 Å². The standard InChI is InChI=1S/C25H33N3O5S/c1-18(2)15-27-25(26-4)24(29)19(3)34(30,31)28(16-20-7-11-22(32-5)12-8-20)17-21-9-13-23(33-6)14-10-21/h7-15,19,24,29H,4,16-17H2,1-3,5-6H3/t19-,24+/m1/s1. The number of amidine groups is 1. The lowest BCUT2D eigenvalue weighted by Gasteiger charge is -2.28. The molecule has 0 spiro atoms. The minimum absolute atomic E-state index is 0.0499. The van der Waals surface area contributed by atoms with E-state index in [9.17, 15) is 13.5 Å². The molecule has 0 aliphatic heterocycles. The molecule has 2 atom stereocenters. The molecule has 184 valence electrons. The molecule has 1 N–H and O–H groups in total. The van der Waals surface area contributed by atoms with Crippen LogP contribution in [0, 0.1) is 0 Å². The summed E-state index contributed by atoms with van der Waals surface area (Å²) in [5, 5.41) is 9.60. The summed E-state index contributed by atoms with van der Waals surface area (Å²) in [4.78, 5) is 7.86. The minimum atomic E-state index is -3.99. The molecule has 2 aromatic rings. The van der Waals surface area contributed by atoms with Gasteiger partial charge >= 0.3 is 0 Å². The molecule has 0 bridgehead atoms. The second kappa shape index (κ2) is 12.5. The highest BCUT2D eigenvalue weighted by molar-refractivity contribution is 7.89. The van der Waals surface area contributed by atoms with Crippen molar-refractivity contribution in [2.45, 2.75) is 45.2 Å². The Kier molecular flexibility index (Phi) is 9.97. The lowest BCUT2D eigenvalue weighted by Crippen LogP contribution is -2.45. The zero-order valence-corrected chi connectivity index (χ0v) is 21.1. The van der Waals surface area contributed by atoms with Crippen LogP contribution in [-0.2, 0) is 23.1 Å². The summed E-state index contributed by atoms with van der Waals surface area (Å²) in [6, 6.07) is 14.3. The van der Waals surface area contributed by atoms with Crippen molar-refractivity contribution in [2.75, 3.05) is 14.2 Å². The number of aliphatic imine (C=N–C) groups is 2. The summed E-state index contributed by atoms with van der Waals surface area (Å²) in [6.07, 6.45) is 0.0614. The lowest BCUT2D eigenvalue weighted by atomic mass is 10.2. The van der Waals surface area contributed by atoms with Crippen LogP contribution < -0.4 is 9.47 Å². The first-order valence-corrected chi connectivity index (χ1v) is 12.2. The number of aliphatic hydroxyl groups is 1. The first-order valence-electron chi connectivity index (χ1n) is 10.7. The van der Waals surface area contributed by atoms with Crippen LogP contribution in [0.25, 0.3) is 0 Å². The first kappa shape index (κ1) is 27.2. The minimum Gasteiger partial charge on any atom is -0.497 e. The molecule has 0 fully saturated rings. The Bertz CT molecular complexity index is 1060. The van der Waals surface area contributed by atoms with Gasteiger partial charge in [0.1, 0.15) is 22.9 Å². The van der Waals surface area contributed by atoms with Gasteiger partial charge in [-0.05, 0) is 62.9 Å². The van der Waals surface area contributed by atoms with E-state index < -0.39 is 21.4 Å². The molecule has 2 rings (SSSR count). The molecular weight excluding hydrogens is 454 g/mol. The van der Waals surface area contributed by atoms with Crippen LogP contribution >= 0.6 is 0 Å². The van der Waals surface area contributed by atoms with Gasteiger partial charge in [0.25, 0.3) is 0 Å². The van der Waals surface area contributed by atoms with Crippen LogP contribution in [-0.4, -0.2) is 56.0 Å². The van der Waals surface area contributed by atoms with Crippen molar-refractivity contribution in [3.8, 4) is 11.5 Å². The fourth-order valence-corrected chi connectivity index (χ4v) is 4.69. The van der Waals surface area contributed by atoms with Crippen LogP contribution in [0.1, 0.15) is 31.9 Å². The average molecular weight is 488 g/mol. The Balaban J connectivity index is 2.41. The normalized spacial score (nSPS) is 13.8. The van der Waals surface area contributed by atoms with Crippen molar-refractivity contribution in [2.24, 2.45) is 9.98 Å². The van der Waals surface area contributed by atoms with Gasteiger partial charge in [-0.25, -0.2) is 18.4 Å². The molecule has 0 radical (unpaired) electrons.